The highest BCUT2D eigenvalue weighted by Crippen LogP contribution is 2.13. The van der Waals surface area contributed by atoms with Gasteiger partial charge in [0.15, 0.2) is 0 Å². The van der Waals surface area contributed by atoms with Crippen molar-refractivity contribution in [3.8, 4) is 5.88 Å². The van der Waals surface area contributed by atoms with Crippen LogP contribution in [0.3, 0.4) is 0 Å². The van der Waals surface area contributed by atoms with E-state index in [2.05, 4.69) is 15.3 Å². The van der Waals surface area contributed by atoms with Gasteiger partial charge >= 0.3 is 0 Å². The van der Waals surface area contributed by atoms with Gasteiger partial charge in [0.25, 0.3) is 0 Å². The number of imidazole rings is 1. The fraction of sp³-hybridized carbons (Fsp3) is 0.200. The summed E-state index contributed by atoms with van der Waals surface area (Å²) in [4.78, 5) is 8.74. The molecule has 0 aliphatic carbocycles. The van der Waals surface area contributed by atoms with Crippen LogP contribution in [0.15, 0.2) is 48.9 Å². The molecule has 0 aliphatic heterocycles. The first-order valence-electron chi connectivity index (χ1n) is 6.60. The summed E-state index contributed by atoms with van der Waals surface area (Å²) < 4.78 is 7.32. The van der Waals surface area contributed by atoms with Crippen molar-refractivity contribution in [1.29, 1.82) is 0 Å². The zero-order chi connectivity index (χ0) is 13.8. The third-order valence-corrected chi connectivity index (χ3v) is 2.92. The number of fused-ring (bicyclic) bond motifs is 1. The van der Waals surface area contributed by atoms with Crippen molar-refractivity contribution in [2.75, 3.05) is 11.9 Å². The largest absolute Gasteiger partial charge is 0.478 e. The van der Waals surface area contributed by atoms with Gasteiger partial charge in [0.1, 0.15) is 5.65 Å². The Kier molecular flexibility index (Phi) is 3.50. The lowest BCUT2D eigenvalue weighted by Crippen LogP contribution is -2.01. The smallest absolute Gasteiger partial charge is 0.213 e. The molecule has 0 radical (unpaired) electrons. The second-order valence-corrected chi connectivity index (χ2v) is 4.37. The normalized spacial score (nSPS) is 10.7. The van der Waals surface area contributed by atoms with Gasteiger partial charge in [0.05, 0.1) is 30.7 Å². The minimum atomic E-state index is 0.626. The molecular weight excluding hydrogens is 252 g/mol. The first-order valence-corrected chi connectivity index (χ1v) is 6.60. The van der Waals surface area contributed by atoms with Crippen LogP contribution in [0.25, 0.3) is 5.65 Å². The van der Waals surface area contributed by atoms with Crippen molar-refractivity contribution in [1.82, 2.24) is 14.4 Å². The highest BCUT2D eigenvalue weighted by atomic mass is 16.5. The molecule has 0 atom stereocenters. The Bertz CT molecular complexity index is 657. The Hall–Kier alpha value is -2.56. The summed E-state index contributed by atoms with van der Waals surface area (Å²) in [5.74, 6) is 0.644. The standard InChI is InChI=1S/C15H16N4O/c1-2-20-15-7-6-12(9-17-15)16-10-13-11-19-8-4-3-5-14(19)18-13/h3-9,11,16H,2,10H2,1H3. The molecule has 0 unspecified atom stereocenters. The van der Waals surface area contributed by atoms with Gasteiger partial charge in [-0.3, -0.25) is 0 Å². The monoisotopic (exact) mass is 268 g/mol. The lowest BCUT2D eigenvalue weighted by molar-refractivity contribution is 0.327. The van der Waals surface area contributed by atoms with E-state index in [1.54, 1.807) is 6.20 Å². The Morgan fingerprint density at radius 1 is 1.25 bits per heavy atom. The predicted molar refractivity (Wildman–Crippen MR) is 77.9 cm³/mol. The number of pyridine rings is 2. The van der Waals surface area contributed by atoms with E-state index in [0.29, 0.717) is 19.0 Å². The van der Waals surface area contributed by atoms with Crippen LogP contribution in [0.2, 0.25) is 0 Å². The average Bonchev–Trinajstić information content (AvgIpc) is 2.90. The van der Waals surface area contributed by atoms with Crippen LogP contribution < -0.4 is 10.1 Å². The van der Waals surface area contributed by atoms with Crippen LogP contribution in [0.5, 0.6) is 5.88 Å². The maximum atomic E-state index is 5.31. The molecular formula is C15H16N4O. The first kappa shape index (κ1) is 12.5. The number of nitrogens with zero attached hydrogens (tertiary/aromatic N) is 3. The molecule has 3 heterocycles. The third-order valence-electron chi connectivity index (χ3n) is 2.92. The van der Waals surface area contributed by atoms with E-state index in [1.165, 1.54) is 0 Å². The molecule has 5 nitrogen and oxygen atoms in total. The number of hydrogen-bond acceptors (Lipinski definition) is 4. The molecule has 1 N–H and O–H groups in total. The van der Waals surface area contributed by atoms with Crippen LogP contribution in [0.4, 0.5) is 5.69 Å². The molecule has 0 spiro atoms. The number of ether oxygens (including phenoxy) is 1. The summed E-state index contributed by atoms with van der Waals surface area (Å²) in [5.41, 5.74) is 2.89. The van der Waals surface area contributed by atoms with Crippen LogP contribution in [-0.2, 0) is 6.54 Å². The molecule has 0 aliphatic rings. The molecule has 3 rings (SSSR count). The maximum Gasteiger partial charge on any atom is 0.213 e. The summed E-state index contributed by atoms with van der Waals surface area (Å²) in [7, 11) is 0. The number of rotatable bonds is 5. The molecule has 3 aromatic rings. The van der Waals surface area contributed by atoms with Gasteiger partial charge in [-0.2, -0.15) is 0 Å². The zero-order valence-electron chi connectivity index (χ0n) is 11.3. The van der Waals surface area contributed by atoms with Crippen molar-refractivity contribution in [2.24, 2.45) is 0 Å². The lowest BCUT2D eigenvalue weighted by atomic mass is 10.4. The molecule has 0 saturated carbocycles. The van der Waals surface area contributed by atoms with Gasteiger partial charge in [-0.15, -0.1) is 0 Å². The molecule has 0 saturated heterocycles. The van der Waals surface area contributed by atoms with Crippen molar-refractivity contribution < 1.29 is 4.74 Å². The highest BCUT2D eigenvalue weighted by Gasteiger charge is 2.01. The fourth-order valence-electron chi connectivity index (χ4n) is 1.98. The lowest BCUT2D eigenvalue weighted by Gasteiger charge is -2.05. The maximum absolute atomic E-state index is 5.31. The fourth-order valence-corrected chi connectivity index (χ4v) is 1.98. The summed E-state index contributed by atoms with van der Waals surface area (Å²) in [6, 6.07) is 9.77. The van der Waals surface area contributed by atoms with Gasteiger partial charge in [-0.1, -0.05) is 6.07 Å². The van der Waals surface area contributed by atoms with Crippen LogP contribution in [0, 0.1) is 0 Å². The summed E-state index contributed by atoms with van der Waals surface area (Å²) in [6.07, 6.45) is 5.77. The van der Waals surface area contributed by atoms with E-state index in [4.69, 9.17) is 4.74 Å². The first-order chi connectivity index (χ1) is 9.85. The Balaban J connectivity index is 1.66. The van der Waals surface area contributed by atoms with Crippen molar-refractivity contribution in [2.45, 2.75) is 13.5 Å². The Morgan fingerprint density at radius 3 is 2.95 bits per heavy atom. The van der Waals surface area contributed by atoms with Gasteiger partial charge < -0.3 is 14.5 Å². The average molecular weight is 268 g/mol. The Labute approximate surface area is 117 Å². The van der Waals surface area contributed by atoms with Crippen molar-refractivity contribution in [3.05, 3.63) is 54.6 Å². The van der Waals surface area contributed by atoms with Gasteiger partial charge in [0, 0.05) is 18.5 Å². The second-order valence-electron chi connectivity index (χ2n) is 4.37. The topological polar surface area (TPSA) is 51.5 Å². The highest BCUT2D eigenvalue weighted by molar-refractivity contribution is 5.44. The molecule has 5 heteroatoms. The molecule has 3 aromatic heterocycles. The summed E-state index contributed by atoms with van der Waals surface area (Å²) in [6.45, 7) is 3.23. The van der Waals surface area contributed by atoms with E-state index >= 15 is 0 Å². The number of aromatic nitrogens is 3. The molecule has 0 amide bonds. The minimum absolute atomic E-state index is 0.626. The molecule has 20 heavy (non-hydrogen) atoms. The van der Waals surface area contributed by atoms with E-state index in [9.17, 15) is 0 Å². The molecule has 0 fully saturated rings. The van der Waals surface area contributed by atoms with E-state index in [0.717, 1.165) is 17.0 Å². The van der Waals surface area contributed by atoms with Crippen molar-refractivity contribution >= 4 is 11.3 Å². The second kappa shape index (κ2) is 5.61. The zero-order valence-corrected chi connectivity index (χ0v) is 11.3. The molecule has 102 valence electrons. The van der Waals surface area contributed by atoms with E-state index < -0.39 is 0 Å². The van der Waals surface area contributed by atoms with Crippen LogP contribution in [-0.4, -0.2) is 21.0 Å². The predicted octanol–water partition coefficient (Wildman–Crippen LogP) is 2.74. The van der Waals surface area contributed by atoms with Gasteiger partial charge in [-0.05, 0) is 25.1 Å². The third kappa shape index (κ3) is 2.71. The van der Waals surface area contributed by atoms with Gasteiger partial charge in [-0.25, -0.2) is 9.97 Å². The number of hydrogen-bond donors (Lipinski definition) is 1. The summed E-state index contributed by atoms with van der Waals surface area (Å²) in [5, 5.41) is 3.30. The summed E-state index contributed by atoms with van der Waals surface area (Å²) >= 11 is 0. The van der Waals surface area contributed by atoms with Crippen LogP contribution in [0.1, 0.15) is 12.6 Å². The van der Waals surface area contributed by atoms with E-state index in [1.807, 2.05) is 54.0 Å². The Morgan fingerprint density at radius 2 is 2.20 bits per heavy atom. The van der Waals surface area contributed by atoms with Crippen LogP contribution >= 0.6 is 0 Å². The van der Waals surface area contributed by atoms with E-state index in [-0.39, 0.29) is 0 Å². The minimum Gasteiger partial charge on any atom is -0.478 e. The molecule has 0 aromatic carbocycles. The van der Waals surface area contributed by atoms with Crippen molar-refractivity contribution in [3.63, 3.8) is 0 Å². The number of anilines is 1. The SMILES string of the molecule is CCOc1ccc(NCc2cn3ccccc3n2)cn1. The quantitative estimate of drug-likeness (QED) is 0.773. The number of nitrogens with one attached hydrogen (secondary N) is 1. The van der Waals surface area contributed by atoms with Gasteiger partial charge in [0.2, 0.25) is 5.88 Å². The molecule has 0 bridgehead atoms.